The lowest BCUT2D eigenvalue weighted by Gasteiger charge is -2.15. The zero-order valence-corrected chi connectivity index (χ0v) is 16.4. The Labute approximate surface area is 178 Å². The minimum absolute atomic E-state index is 0.0623. The molecule has 0 fully saturated rings. The van der Waals surface area contributed by atoms with Crippen LogP contribution in [0.1, 0.15) is 26.3 Å². The first-order valence-electron chi connectivity index (χ1n) is 8.35. The largest absolute Gasteiger partial charge is 0.545 e. The first kappa shape index (κ1) is 21.7. The van der Waals surface area contributed by atoms with E-state index in [9.17, 15) is 27.9 Å². The first-order valence-corrected chi connectivity index (χ1v) is 9.11. The van der Waals surface area contributed by atoms with Crippen molar-refractivity contribution >= 4 is 40.8 Å². The third-order valence-corrected chi connectivity index (χ3v) is 4.73. The highest BCUT2D eigenvalue weighted by atomic mass is 35.5. The van der Waals surface area contributed by atoms with Crippen LogP contribution in [0.3, 0.4) is 0 Å². The van der Waals surface area contributed by atoms with Crippen molar-refractivity contribution in [1.82, 2.24) is 0 Å². The summed E-state index contributed by atoms with van der Waals surface area (Å²) in [5, 5.41) is 14.4. The highest BCUT2D eigenvalue weighted by molar-refractivity contribution is 6.37. The van der Waals surface area contributed by atoms with E-state index in [1.54, 1.807) is 0 Å². The van der Waals surface area contributed by atoms with Crippen molar-refractivity contribution in [1.29, 1.82) is 0 Å². The van der Waals surface area contributed by atoms with Crippen LogP contribution in [0.25, 0.3) is 11.1 Å². The van der Waals surface area contributed by atoms with Gasteiger partial charge in [0, 0.05) is 10.6 Å². The number of hydrogen-bond acceptors (Lipinski definition) is 3. The van der Waals surface area contributed by atoms with E-state index in [1.165, 1.54) is 42.5 Å². The number of nitrogens with one attached hydrogen (secondary N) is 1. The standard InChI is InChI=1S/C21H12Cl2F3NO3/c22-14-5-6-15(17(23)10-14)19(28)27-18-7-4-12(9-16(18)20(29)30)11-2-1-3-13(8-11)21(24,25)26/h1-10H,(H,27,28)(H,29,30)/p-1. The van der Waals surface area contributed by atoms with E-state index in [1.807, 2.05) is 0 Å². The van der Waals surface area contributed by atoms with Gasteiger partial charge in [-0.25, -0.2) is 0 Å². The average Bonchev–Trinajstić information content (AvgIpc) is 2.67. The number of rotatable bonds is 4. The quantitative estimate of drug-likeness (QED) is 0.584. The van der Waals surface area contributed by atoms with Gasteiger partial charge in [0.1, 0.15) is 0 Å². The Morgan fingerprint density at radius 1 is 0.867 bits per heavy atom. The Morgan fingerprint density at radius 3 is 2.20 bits per heavy atom. The van der Waals surface area contributed by atoms with E-state index < -0.39 is 29.2 Å². The number of carbonyl (C=O) groups is 2. The molecule has 3 aromatic carbocycles. The summed E-state index contributed by atoms with van der Waals surface area (Å²) >= 11 is 11.8. The van der Waals surface area contributed by atoms with Crippen LogP contribution in [0.15, 0.2) is 60.7 Å². The summed E-state index contributed by atoms with van der Waals surface area (Å²) in [5.41, 5.74) is -0.934. The van der Waals surface area contributed by atoms with Gasteiger partial charge in [-0.3, -0.25) is 4.79 Å². The summed E-state index contributed by atoms with van der Waals surface area (Å²) in [4.78, 5) is 24.0. The smallest absolute Gasteiger partial charge is 0.416 e. The van der Waals surface area contributed by atoms with Crippen molar-refractivity contribution in [2.45, 2.75) is 6.18 Å². The molecule has 4 nitrogen and oxygen atoms in total. The van der Waals surface area contributed by atoms with Gasteiger partial charge in [-0.2, -0.15) is 13.2 Å². The minimum atomic E-state index is -4.54. The van der Waals surface area contributed by atoms with Crippen LogP contribution in [0.2, 0.25) is 10.0 Å². The SMILES string of the molecule is O=C(Nc1ccc(-c2cccc(C(F)(F)F)c2)cc1C(=O)[O-])c1ccc(Cl)cc1Cl. The molecule has 154 valence electrons. The lowest BCUT2D eigenvalue weighted by molar-refractivity contribution is -0.254. The molecule has 1 N–H and O–H groups in total. The normalized spacial score (nSPS) is 11.2. The molecule has 0 aliphatic heterocycles. The summed E-state index contributed by atoms with van der Waals surface area (Å²) < 4.78 is 38.8. The van der Waals surface area contributed by atoms with Gasteiger partial charge in [0.05, 0.1) is 27.8 Å². The Morgan fingerprint density at radius 2 is 1.57 bits per heavy atom. The van der Waals surface area contributed by atoms with Gasteiger partial charge >= 0.3 is 6.18 Å². The number of alkyl halides is 3. The molecule has 0 bridgehead atoms. The zero-order valence-electron chi connectivity index (χ0n) is 14.9. The molecular weight excluding hydrogens is 442 g/mol. The summed E-state index contributed by atoms with van der Waals surface area (Å²) in [6.45, 7) is 0. The highest BCUT2D eigenvalue weighted by Crippen LogP contribution is 2.33. The van der Waals surface area contributed by atoms with E-state index in [0.29, 0.717) is 5.02 Å². The van der Waals surface area contributed by atoms with Gasteiger partial charge in [0.15, 0.2) is 0 Å². The maximum Gasteiger partial charge on any atom is 0.416 e. The fourth-order valence-corrected chi connectivity index (χ4v) is 3.23. The number of benzene rings is 3. The molecule has 0 aromatic heterocycles. The van der Waals surface area contributed by atoms with Crippen molar-refractivity contribution in [3.8, 4) is 11.1 Å². The van der Waals surface area contributed by atoms with Crippen molar-refractivity contribution < 1.29 is 27.9 Å². The molecule has 1 amide bonds. The van der Waals surface area contributed by atoms with Crippen LogP contribution < -0.4 is 10.4 Å². The second-order valence-corrected chi connectivity index (χ2v) is 7.05. The third-order valence-electron chi connectivity index (χ3n) is 4.19. The van der Waals surface area contributed by atoms with Crippen molar-refractivity contribution in [2.75, 3.05) is 5.32 Å². The second kappa shape index (κ2) is 8.38. The van der Waals surface area contributed by atoms with E-state index >= 15 is 0 Å². The van der Waals surface area contributed by atoms with Crippen LogP contribution in [-0.2, 0) is 6.18 Å². The fourth-order valence-electron chi connectivity index (χ4n) is 2.74. The van der Waals surface area contributed by atoms with Crippen LogP contribution in [-0.4, -0.2) is 11.9 Å². The molecule has 0 saturated carbocycles. The third kappa shape index (κ3) is 4.75. The number of hydrogen-bond donors (Lipinski definition) is 1. The Kier molecular flexibility index (Phi) is 6.05. The maximum absolute atomic E-state index is 12.9. The van der Waals surface area contributed by atoms with Gasteiger partial charge in [-0.15, -0.1) is 0 Å². The number of carbonyl (C=O) groups excluding carboxylic acids is 2. The predicted octanol–water partition coefficient (Wildman–Crippen LogP) is 5.30. The van der Waals surface area contributed by atoms with Crippen LogP contribution in [0.5, 0.6) is 0 Å². The maximum atomic E-state index is 12.9. The summed E-state index contributed by atoms with van der Waals surface area (Å²) in [7, 11) is 0. The molecule has 0 atom stereocenters. The predicted molar refractivity (Wildman–Crippen MR) is 106 cm³/mol. The lowest BCUT2D eigenvalue weighted by Crippen LogP contribution is -2.25. The van der Waals surface area contributed by atoms with E-state index in [0.717, 1.165) is 18.2 Å². The zero-order chi connectivity index (χ0) is 22.1. The molecule has 0 spiro atoms. The van der Waals surface area contributed by atoms with E-state index in [4.69, 9.17) is 23.2 Å². The van der Waals surface area contributed by atoms with E-state index in [-0.39, 0.29) is 27.4 Å². The fraction of sp³-hybridized carbons (Fsp3) is 0.0476. The lowest BCUT2D eigenvalue weighted by atomic mass is 9.99. The average molecular weight is 453 g/mol. The summed E-state index contributed by atoms with van der Waals surface area (Å²) in [5.74, 6) is -2.30. The summed E-state index contributed by atoms with van der Waals surface area (Å²) in [6.07, 6.45) is -4.54. The van der Waals surface area contributed by atoms with Gasteiger partial charge in [-0.1, -0.05) is 41.4 Å². The number of carboxylic acids is 1. The van der Waals surface area contributed by atoms with Gasteiger partial charge < -0.3 is 15.2 Å². The number of carboxylic acid groups (broad SMARTS) is 1. The monoisotopic (exact) mass is 452 g/mol. The minimum Gasteiger partial charge on any atom is -0.545 e. The van der Waals surface area contributed by atoms with E-state index in [2.05, 4.69) is 5.32 Å². The first-order chi connectivity index (χ1) is 14.1. The molecule has 30 heavy (non-hydrogen) atoms. The van der Waals surface area contributed by atoms with Crippen LogP contribution in [0.4, 0.5) is 18.9 Å². The molecule has 3 rings (SSSR count). The molecule has 9 heteroatoms. The van der Waals surface area contributed by atoms with Crippen molar-refractivity contribution in [2.24, 2.45) is 0 Å². The van der Waals surface area contributed by atoms with Crippen LogP contribution >= 0.6 is 23.2 Å². The van der Waals surface area contributed by atoms with Gasteiger partial charge in [0.25, 0.3) is 5.91 Å². The topological polar surface area (TPSA) is 69.2 Å². The molecule has 0 radical (unpaired) electrons. The number of anilines is 1. The Bertz CT molecular complexity index is 1150. The molecule has 0 heterocycles. The summed E-state index contributed by atoms with van der Waals surface area (Å²) in [6, 6.07) is 12.4. The number of amides is 1. The Balaban J connectivity index is 1.97. The van der Waals surface area contributed by atoms with Crippen molar-refractivity contribution in [3.05, 3.63) is 87.4 Å². The van der Waals surface area contributed by atoms with Gasteiger partial charge in [-0.05, 0) is 53.6 Å². The number of aromatic carboxylic acids is 1. The Hall–Kier alpha value is -3.03. The highest BCUT2D eigenvalue weighted by Gasteiger charge is 2.30. The molecule has 0 aliphatic carbocycles. The molecule has 3 aromatic rings. The molecule has 0 unspecified atom stereocenters. The van der Waals surface area contributed by atoms with Gasteiger partial charge in [0.2, 0.25) is 0 Å². The number of halogens is 5. The molecular formula is C21H11Cl2F3NO3-. The molecule has 0 saturated heterocycles. The van der Waals surface area contributed by atoms with Crippen LogP contribution in [0, 0.1) is 0 Å². The van der Waals surface area contributed by atoms with Crippen molar-refractivity contribution in [3.63, 3.8) is 0 Å². The second-order valence-electron chi connectivity index (χ2n) is 6.20. The molecule has 0 aliphatic rings.